The van der Waals surface area contributed by atoms with Crippen molar-refractivity contribution in [1.82, 2.24) is 9.97 Å². The number of anilines is 2. The highest BCUT2D eigenvalue weighted by Crippen LogP contribution is 2.28. The Bertz CT molecular complexity index is 1360. The molecule has 2 heterocycles. The number of carbonyl (C=O) groups is 2. The number of carbonyl (C=O) groups excluding carboxylic acids is 2. The van der Waals surface area contributed by atoms with Crippen LogP contribution in [0.1, 0.15) is 12.0 Å². The van der Waals surface area contributed by atoms with Crippen molar-refractivity contribution in [2.75, 3.05) is 10.6 Å². The number of fused-ring (bicyclic) bond motifs is 2. The van der Waals surface area contributed by atoms with E-state index in [1.807, 2.05) is 78.9 Å². The minimum absolute atomic E-state index is 0.0432. The summed E-state index contributed by atoms with van der Waals surface area (Å²) >= 11 is 2.84. The van der Waals surface area contributed by atoms with Crippen LogP contribution in [0.2, 0.25) is 0 Å². The molecular weight excluding hydrogens is 452 g/mol. The number of thiazole rings is 2. The normalized spacial score (nSPS) is 12.0. The van der Waals surface area contributed by atoms with Crippen LogP contribution >= 0.6 is 22.7 Å². The van der Waals surface area contributed by atoms with Crippen LogP contribution in [0.4, 0.5) is 10.3 Å². The Labute approximate surface area is 198 Å². The van der Waals surface area contributed by atoms with Gasteiger partial charge in [0.2, 0.25) is 11.8 Å². The maximum atomic E-state index is 13.2. The maximum absolute atomic E-state index is 13.2. The molecule has 0 bridgehead atoms. The van der Waals surface area contributed by atoms with Gasteiger partial charge in [0.25, 0.3) is 0 Å². The Morgan fingerprint density at radius 3 is 1.88 bits per heavy atom. The van der Waals surface area contributed by atoms with Gasteiger partial charge in [0.1, 0.15) is 0 Å². The second-order valence-corrected chi connectivity index (χ2v) is 9.66. The van der Waals surface area contributed by atoms with Crippen molar-refractivity contribution in [2.45, 2.75) is 12.8 Å². The lowest BCUT2D eigenvalue weighted by Crippen LogP contribution is -2.29. The molecule has 2 amide bonds. The van der Waals surface area contributed by atoms with Gasteiger partial charge < -0.3 is 10.6 Å². The van der Waals surface area contributed by atoms with Crippen molar-refractivity contribution in [1.29, 1.82) is 0 Å². The van der Waals surface area contributed by atoms with E-state index in [0.29, 0.717) is 16.7 Å². The minimum Gasteiger partial charge on any atom is -0.302 e. The van der Waals surface area contributed by atoms with Crippen molar-refractivity contribution in [3.63, 3.8) is 0 Å². The predicted molar refractivity (Wildman–Crippen MR) is 135 cm³/mol. The fourth-order valence-corrected chi connectivity index (χ4v) is 5.36. The molecule has 5 aromatic rings. The number of aromatic nitrogens is 2. The molecule has 2 aromatic heterocycles. The number of rotatable bonds is 7. The SMILES string of the molecule is O=C(C[C@H](Cc1ccccc1)C(=O)Nc1nc2ccccc2s1)Nc1nc2ccccc2s1. The van der Waals surface area contributed by atoms with E-state index < -0.39 is 5.92 Å². The molecule has 0 fully saturated rings. The molecule has 8 heteroatoms. The van der Waals surface area contributed by atoms with E-state index in [1.54, 1.807) is 0 Å². The Balaban J connectivity index is 1.32. The van der Waals surface area contributed by atoms with E-state index in [9.17, 15) is 9.59 Å². The maximum Gasteiger partial charge on any atom is 0.230 e. The Morgan fingerprint density at radius 1 is 0.727 bits per heavy atom. The molecule has 6 nitrogen and oxygen atoms in total. The van der Waals surface area contributed by atoms with E-state index in [0.717, 1.165) is 26.0 Å². The molecule has 33 heavy (non-hydrogen) atoms. The van der Waals surface area contributed by atoms with E-state index >= 15 is 0 Å². The van der Waals surface area contributed by atoms with Gasteiger partial charge >= 0.3 is 0 Å². The van der Waals surface area contributed by atoms with Crippen LogP contribution in [-0.2, 0) is 16.0 Å². The highest BCUT2D eigenvalue weighted by Gasteiger charge is 2.24. The molecule has 0 saturated carbocycles. The van der Waals surface area contributed by atoms with Crippen molar-refractivity contribution in [3.05, 3.63) is 84.4 Å². The fraction of sp³-hybridized carbons (Fsp3) is 0.120. The summed E-state index contributed by atoms with van der Waals surface area (Å²) < 4.78 is 2.00. The minimum atomic E-state index is -0.547. The van der Waals surface area contributed by atoms with Crippen LogP contribution in [0, 0.1) is 5.92 Å². The third kappa shape index (κ3) is 5.08. The van der Waals surface area contributed by atoms with Gasteiger partial charge in [-0.05, 0) is 36.2 Å². The molecule has 164 valence electrons. The monoisotopic (exact) mass is 472 g/mol. The average Bonchev–Trinajstić information content (AvgIpc) is 3.41. The fourth-order valence-electron chi connectivity index (χ4n) is 3.61. The van der Waals surface area contributed by atoms with Crippen LogP contribution in [0.5, 0.6) is 0 Å². The zero-order valence-electron chi connectivity index (χ0n) is 17.5. The van der Waals surface area contributed by atoms with Crippen LogP contribution in [0.15, 0.2) is 78.9 Å². The summed E-state index contributed by atoms with van der Waals surface area (Å²) in [5, 5.41) is 6.85. The summed E-state index contributed by atoms with van der Waals surface area (Å²) in [6, 6.07) is 25.2. The number of amides is 2. The highest BCUT2D eigenvalue weighted by molar-refractivity contribution is 7.22. The second-order valence-electron chi connectivity index (χ2n) is 7.60. The molecule has 0 spiro atoms. The lowest BCUT2D eigenvalue weighted by molar-refractivity contribution is -0.124. The van der Waals surface area contributed by atoms with Gasteiger partial charge in [-0.15, -0.1) is 0 Å². The van der Waals surface area contributed by atoms with Crippen LogP contribution in [0.25, 0.3) is 20.4 Å². The smallest absolute Gasteiger partial charge is 0.230 e. The number of para-hydroxylation sites is 2. The van der Waals surface area contributed by atoms with E-state index in [4.69, 9.17) is 0 Å². The van der Waals surface area contributed by atoms with Crippen LogP contribution < -0.4 is 10.6 Å². The molecule has 0 unspecified atom stereocenters. The lowest BCUT2D eigenvalue weighted by Gasteiger charge is -2.15. The molecule has 3 aromatic carbocycles. The third-order valence-corrected chi connectivity index (χ3v) is 7.10. The Kier molecular flexibility index (Phi) is 6.10. The summed E-state index contributed by atoms with van der Waals surface area (Å²) in [4.78, 5) is 35.0. The van der Waals surface area contributed by atoms with E-state index in [2.05, 4.69) is 20.6 Å². The van der Waals surface area contributed by atoms with Crippen molar-refractivity contribution >= 4 is 65.2 Å². The summed E-state index contributed by atoms with van der Waals surface area (Å²) in [5.74, 6) is -1.01. The third-order valence-electron chi connectivity index (χ3n) is 5.19. The Morgan fingerprint density at radius 2 is 1.27 bits per heavy atom. The molecule has 2 N–H and O–H groups in total. The van der Waals surface area contributed by atoms with Crippen molar-refractivity contribution in [3.8, 4) is 0 Å². The van der Waals surface area contributed by atoms with E-state index in [1.165, 1.54) is 22.7 Å². The molecule has 0 saturated heterocycles. The molecule has 1 atom stereocenters. The molecule has 0 radical (unpaired) electrons. The van der Waals surface area contributed by atoms with E-state index in [-0.39, 0.29) is 18.2 Å². The number of benzene rings is 3. The van der Waals surface area contributed by atoms with Gasteiger partial charge in [-0.3, -0.25) is 9.59 Å². The van der Waals surface area contributed by atoms with Gasteiger partial charge in [0.05, 0.1) is 26.4 Å². The van der Waals surface area contributed by atoms with Crippen molar-refractivity contribution in [2.24, 2.45) is 5.92 Å². The second kappa shape index (κ2) is 9.48. The first kappa shape index (κ1) is 21.2. The molecular formula is C25H20N4O2S2. The number of hydrogen-bond acceptors (Lipinski definition) is 6. The molecule has 0 aliphatic heterocycles. The topological polar surface area (TPSA) is 84.0 Å². The Hall–Kier alpha value is -3.62. The zero-order chi connectivity index (χ0) is 22.6. The molecule has 5 rings (SSSR count). The van der Waals surface area contributed by atoms with Gasteiger partial charge in [-0.2, -0.15) is 0 Å². The van der Waals surface area contributed by atoms with Crippen LogP contribution in [0.3, 0.4) is 0 Å². The first-order chi connectivity index (χ1) is 16.1. The quantitative estimate of drug-likeness (QED) is 0.317. The summed E-state index contributed by atoms with van der Waals surface area (Å²) in [7, 11) is 0. The molecule has 0 aliphatic carbocycles. The van der Waals surface area contributed by atoms with Crippen molar-refractivity contribution < 1.29 is 9.59 Å². The highest BCUT2D eigenvalue weighted by atomic mass is 32.1. The zero-order valence-corrected chi connectivity index (χ0v) is 19.2. The number of nitrogens with one attached hydrogen (secondary N) is 2. The average molecular weight is 473 g/mol. The summed E-state index contributed by atoms with van der Waals surface area (Å²) in [5.41, 5.74) is 2.67. The summed E-state index contributed by atoms with van der Waals surface area (Å²) in [6.45, 7) is 0. The first-order valence-corrected chi connectivity index (χ1v) is 12.1. The van der Waals surface area contributed by atoms with Gasteiger partial charge in [0.15, 0.2) is 10.3 Å². The number of hydrogen-bond donors (Lipinski definition) is 2. The standard InChI is InChI=1S/C25H20N4O2S2/c30-22(28-24-26-18-10-4-6-12-20(18)32-24)15-17(14-16-8-2-1-3-9-16)23(31)29-25-27-19-11-5-7-13-21(19)33-25/h1-13,17H,14-15H2,(H,26,28,30)(H,27,29,31)/t17-/m0/s1. The van der Waals surface area contributed by atoms with Gasteiger partial charge in [-0.25, -0.2) is 9.97 Å². The number of nitrogens with zero attached hydrogens (tertiary/aromatic N) is 2. The lowest BCUT2D eigenvalue weighted by atomic mass is 9.95. The van der Waals surface area contributed by atoms with Gasteiger partial charge in [-0.1, -0.05) is 77.3 Å². The molecule has 0 aliphatic rings. The predicted octanol–water partition coefficient (Wildman–Crippen LogP) is 5.73. The summed E-state index contributed by atoms with van der Waals surface area (Å²) in [6.07, 6.45) is 0.492. The largest absolute Gasteiger partial charge is 0.302 e. The van der Waals surface area contributed by atoms with Gasteiger partial charge in [0, 0.05) is 6.42 Å². The first-order valence-electron chi connectivity index (χ1n) is 10.5. The van der Waals surface area contributed by atoms with Crippen LogP contribution in [-0.4, -0.2) is 21.8 Å².